The Morgan fingerprint density at radius 3 is 2.09 bits per heavy atom. The number of carbonyl (C=O) groups excluding carboxylic acids is 2. The van der Waals surface area contributed by atoms with Gasteiger partial charge in [-0.3, -0.25) is 4.79 Å². The Morgan fingerprint density at radius 1 is 1.03 bits per heavy atom. The van der Waals surface area contributed by atoms with Gasteiger partial charge in [0.25, 0.3) is 0 Å². The van der Waals surface area contributed by atoms with Crippen molar-refractivity contribution in [3.8, 4) is 11.1 Å². The van der Waals surface area contributed by atoms with Gasteiger partial charge in [-0.1, -0.05) is 75.7 Å². The second-order valence-corrected chi connectivity index (χ2v) is 10.9. The van der Waals surface area contributed by atoms with E-state index in [1.807, 2.05) is 24.3 Å². The summed E-state index contributed by atoms with van der Waals surface area (Å²) in [5.41, 5.74) is 3.68. The monoisotopic (exact) mass is 478 g/mol. The van der Waals surface area contributed by atoms with E-state index in [-0.39, 0.29) is 30.3 Å². The molecule has 0 radical (unpaired) electrons. The number of ether oxygens (including phenoxy) is 1. The minimum absolute atomic E-state index is 0.0121. The van der Waals surface area contributed by atoms with E-state index in [4.69, 9.17) is 4.74 Å². The van der Waals surface area contributed by atoms with Crippen molar-refractivity contribution < 1.29 is 24.2 Å². The van der Waals surface area contributed by atoms with Gasteiger partial charge in [-0.15, -0.1) is 0 Å². The molecule has 1 saturated carbocycles. The molecule has 2 aromatic carbocycles. The first-order chi connectivity index (χ1) is 16.6. The topological polar surface area (TPSA) is 105 Å². The minimum Gasteiger partial charge on any atom is -0.480 e. The van der Waals surface area contributed by atoms with Crippen molar-refractivity contribution in [2.45, 2.75) is 58.4 Å². The van der Waals surface area contributed by atoms with Gasteiger partial charge in [-0.05, 0) is 45.9 Å². The maximum absolute atomic E-state index is 12.7. The number of amides is 2. The molecular formula is C28H34N2O5. The Kier molecular flexibility index (Phi) is 6.88. The number of hydrogen-bond donors (Lipinski definition) is 3. The van der Waals surface area contributed by atoms with E-state index >= 15 is 0 Å². The zero-order valence-corrected chi connectivity index (χ0v) is 20.6. The first-order valence-electron chi connectivity index (χ1n) is 12.2. The molecule has 0 aliphatic heterocycles. The fourth-order valence-electron chi connectivity index (χ4n) is 5.20. The van der Waals surface area contributed by atoms with Crippen molar-refractivity contribution in [3.63, 3.8) is 0 Å². The van der Waals surface area contributed by atoms with Gasteiger partial charge in [0, 0.05) is 18.9 Å². The number of fused-ring (bicyclic) bond motifs is 3. The van der Waals surface area contributed by atoms with E-state index in [0.717, 1.165) is 30.4 Å². The van der Waals surface area contributed by atoms with Crippen LogP contribution in [0.2, 0.25) is 0 Å². The second kappa shape index (κ2) is 9.72. The van der Waals surface area contributed by atoms with Crippen LogP contribution in [0.4, 0.5) is 4.79 Å². The molecule has 0 aromatic heterocycles. The van der Waals surface area contributed by atoms with Crippen LogP contribution < -0.4 is 10.6 Å². The van der Waals surface area contributed by atoms with Crippen molar-refractivity contribution in [2.24, 2.45) is 10.8 Å². The normalized spacial score (nSPS) is 16.9. The van der Waals surface area contributed by atoms with Crippen LogP contribution in [0.25, 0.3) is 11.1 Å². The number of benzene rings is 2. The summed E-state index contributed by atoms with van der Waals surface area (Å²) in [6.45, 7) is 5.90. The molecule has 35 heavy (non-hydrogen) atoms. The lowest BCUT2D eigenvalue weighted by Gasteiger charge is -2.42. The largest absolute Gasteiger partial charge is 0.480 e. The molecule has 2 amide bonds. The summed E-state index contributed by atoms with van der Waals surface area (Å²) in [6, 6.07) is 15.4. The lowest BCUT2D eigenvalue weighted by molar-refractivity contribution is -0.145. The van der Waals surface area contributed by atoms with Gasteiger partial charge < -0.3 is 20.5 Å². The number of carboxylic acid groups (broad SMARTS) is 1. The van der Waals surface area contributed by atoms with Crippen LogP contribution in [-0.4, -0.2) is 42.3 Å². The molecule has 7 nitrogen and oxygen atoms in total. The fraction of sp³-hybridized carbons (Fsp3) is 0.464. The predicted octanol–water partition coefficient (Wildman–Crippen LogP) is 4.70. The van der Waals surface area contributed by atoms with Crippen molar-refractivity contribution in [2.75, 3.05) is 13.2 Å². The summed E-state index contributed by atoms with van der Waals surface area (Å²) in [4.78, 5) is 36.8. The molecule has 0 saturated heterocycles. The molecule has 1 fully saturated rings. The number of aliphatic carboxylic acids is 1. The summed E-state index contributed by atoms with van der Waals surface area (Å²) in [7, 11) is 0. The quantitative estimate of drug-likeness (QED) is 0.510. The number of nitrogens with one attached hydrogen (secondary N) is 2. The first-order valence-corrected chi connectivity index (χ1v) is 12.2. The van der Waals surface area contributed by atoms with Gasteiger partial charge in [0.15, 0.2) is 0 Å². The fourth-order valence-corrected chi connectivity index (χ4v) is 5.20. The van der Waals surface area contributed by atoms with Crippen LogP contribution in [0, 0.1) is 10.8 Å². The molecule has 1 atom stereocenters. The third kappa shape index (κ3) is 5.34. The molecule has 1 unspecified atom stereocenters. The standard InChI is InChI=1S/C28H34N2O5/c1-27(2,3)24(25(32)33)30-23(31)15-28(13-8-14-28)17-29-26(34)35-16-22-20-11-6-4-9-18(20)19-10-5-7-12-21(19)22/h4-7,9-12,22,24H,8,13-17H2,1-3H3,(H,29,34)(H,30,31)(H,32,33). The molecule has 2 aliphatic carbocycles. The van der Waals surface area contributed by atoms with E-state index in [2.05, 4.69) is 34.9 Å². The molecule has 2 aromatic rings. The minimum atomic E-state index is -1.05. The van der Waals surface area contributed by atoms with Gasteiger partial charge in [0.05, 0.1) is 0 Å². The molecule has 7 heteroatoms. The average molecular weight is 479 g/mol. The highest BCUT2D eigenvalue weighted by Crippen LogP contribution is 2.45. The average Bonchev–Trinajstić information content (AvgIpc) is 3.10. The molecule has 0 spiro atoms. The number of carboxylic acids is 1. The van der Waals surface area contributed by atoms with Crippen LogP contribution in [0.3, 0.4) is 0 Å². The predicted molar refractivity (Wildman–Crippen MR) is 133 cm³/mol. The van der Waals surface area contributed by atoms with Crippen molar-refractivity contribution in [1.82, 2.24) is 10.6 Å². The molecule has 186 valence electrons. The highest BCUT2D eigenvalue weighted by molar-refractivity contribution is 5.84. The Labute approximate surface area is 206 Å². The van der Waals surface area contributed by atoms with Gasteiger partial charge in [-0.2, -0.15) is 0 Å². The van der Waals surface area contributed by atoms with E-state index in [0.29, 0.717) is 6.54 Å². The maximum Gasteiger partial charge on any atom is 0.407 e. The van der Waals surface area contributed by atoms with Gasteiger partial charge in [0.1, 0.15) is 12.6 Å². The van der Waals surface area contributed by atoms with Crippen molar-refractivity contribution in [3.05, 3.63) is 59.7 Å². The zero-order valence-electron chi connectivity index (χ0n) is 20.6. The maximum atomic E-state index is 12.7. The Balaban J connectivity index is 1.32. The lowest BCUT2D eigenvalue weighted by Crippen LogP contribution is -2.52. The number of alkyl carbamates (subject to hydrolysis) is 1. The Morgan fingerprint density at radius 2 is 1.60 bits per heavy atom. The Hall–Kier alpha value is -3.35. The summed E-state index contributed by atoms with van der Waals surface area (Å²) < 4.78 is 5.62. The third-order valence-corrected chi connectivity index (χ3v) is 7.32. The highest BCUT2D eigenvalue weighted by Gasteiger charge is 2.41. The summed E-state index contributed by atoms with van der Waals surface area (Å²) in [5, 5.41) is 15.0. The van der Waals surface area contributed by atoms with Gasteiger partial charge in [0.2, 0.25) is 5.91 Å². The van der Waals surface area contributed by atoms with E-state index < -0.39 is 23.5 Å². The molecule has 3 N–H and O–H groups in total. The van der Waals surface area contributed by atoms with E-state index in [9.17, 15) is 19.5 Å². The van der Waals surface area contributed by atoms with Gasteiger partial charge in [-0.25, -0.2) is 9.59 Å². The lowest BCUT2D eigenvalue weighted by atomic mass is 9.66. The van der Waals surface area contributed by atoms with E-state index in [1.54, 1.807) is 20.8 Å². The molecule has 2 aliphatic rings. The van der Waals surface area contributed by atoms with Crippen LogP contribution in [0.1, 0.15) is 63.5 Å². The smallest absolute Gasteiger partial charge is 0.407 e. The highest BCUT2D eigenvalue weighted by atomic mass is 16.5. The van der Waals surface area contributed by atoms with Crippen LogP contribution >= 0.6 is 0 Å². The van der Waals surface area contributed by atoms with Crippen molar-refractivity contribution >= 4 is 18.0 Å². The molecule has 0 heterocycles. The van der Waals surface area contributed by atoms with Crippen LogP contribution in [0.15, 0.2) is 48.5 Å². The van der Waals surface area contributed by atoms with Crippen LogP contribution in [0.5, 0.6) is 0 Å². The third-order valence-electron chi connectivity index (χ3n) is 7.32. The van der Waals surface area contributed by atoms with Crippen LogP contribution in [-0.2, 0) is 14.3 Å². The number of hydrogen-bond acceptors (Lipinski definition) is 4. The Bertz CT molecular complexity index is 1070. The summed E-state index contributed by atoms with van der Waals surface area (Å²) >= 11 is 0. The van der Waals surface area contributed by atoms with E-state index in [1.165, 1.54) is 11.1 Å². The molecule has 4 rings (SSSR count). The summed E-state index contributed by atoms with van der Waals surface area (Å²) in [6.07, 6.45) is 2.25. The molecular weight excluding hydrogens is 444 g/mol. The zero-order chi connectivity index (χ0) is 25.2. The van der Waals surface area contributed by atoms with Gasteiger partial charge >= 0.3 is 12.1 Å². The second-order valence-electron chi connectivity index (χ2n) is 10.9. The number of carbonyl (C=O) groups is 3. The number of rotatable bonds is 8. The van der Waals surface area contributed by atoms with Crippen molar-refractivity contribution in [1.29, 1.82) is 0 Å². The first kappa shape index (κ1) is 24.8. The SMILES string of the molecule is CC(C)(C)C(NC(=O)CC1(CNC(=O)OCC2c3ccccc3-c3ccccc32)CCC1)C(=O)O. The summed E-state index contributed by atoms with van der Waals surface area (Å²) in [5.74, 6) is -1.37. The molecule has 0 bridgehead atoms.